The molecule has 1 aromatic rings. The SMILES string of the molecule is CC(=O)Nc1c(C)c(Br)cc(C(=O)[O-])c1[N+](=O)[O-]. The second-order valence-corrected chi connectivity index (χ2v) is 4.33. The quantitative estimate of drug-likeness (QED) is 0.660. The Morgan fingerprint density at radius 1 is 1.44 bits per heavy atom. The number of anilines is 1. The summed E-state index contributed by atoms with van der Waals surface area (Å²) in [5, 5.41) is 24.1. The van der Waals surface area contributed by atoms with Gasteiger partial charge in [0, 0.05) is 11.4 Å². The van der Waals surface area contributed by atoms with Crippen LogP contribution in [0.25, 0.3) is 0 Å². The first kappa shape index (κ1) is 14.1. The molecule has 0 aromatic heterocycles. The van der Waals surface area contributed by atoms with Gasteiger partial charge in [-0.15, -0.1) is 0 Å². The number of hydrogen-bond donors (Lipinski definition) is 1. The number of carboxylic acids is 1. The molecule has 0 bridgehead atoms. The number of nitro benzene ring substituents is 1. The number of hydrogen-bond acceptors (Lipinski definition) is 5. The average molecular weight is 316 g/mol. The van der Waals surface area contributed by atoms with E-state index in [1.165, 1.54) is 13.8 Å². The molecule has 1 aromatic carbocycles. The minimum Gasteiger partial charge on any atom is -0.545 e. The molecule has 8 heteroatoms. The molecule has 0 atom stereocenters. The van der Waals surface area contributed by atoms with E-state index in [-0.39, 0.29) is 5.69 Å². The van der Waals surface area contributed by atoms with Gasteiger partial charge in [0.25, 0.3) is 0 Å². The van der Waals surface area contributed by atoms with Gasteiger partial charge in [-0.05, 0) is 18.6 Å². The lowest BCUT2D eigenvalue weighted by molar-refractivity contribution is -0.385. The van der Waals surface area contributed by atoms with E-state index in [0.29, 0.717) is 10.0 Å². The van der Waals surface area contributed by atoms with E-state index < -0.39 is 28.1 Å². The second kappa shape index (κ2) is 5.13. The van der Waals surface area contributed by atoms with E-state index in [1.54, 1.807) is 0 Å². The van der Waals surface area contributed by atoms with Crippen LogP contribution in [-0.4, -0.2) is 16.8 Å². The van der Waals surface area contributed by atoms with Gasteiger partial charge in [0.1, 0.15) is 5.69 Å². The normalized spacial score (nSPS) is 9.94. The first-order valence-electron chi connectivity index (χ1n) is 4.72. The van der Waals surface area contributed by atoms with Gasteiger partial charge in [-0.1, -0.05) is 15.9 Å². The van der Waals surface area contributed by atoms with Crippen LogP contribution in [0.15, 0.2) is 10.5 Å². The van der Waals surface area contributed by atoms with E-state index in [1.807, 2.05) is 0 Å². The Morgan fingerprint density at radius 3 is 2.39 bits per heavy atom. The van der Waals surface area contributed by atoms with Gasteiger partial charge in [0.05, 0.1) is 16.5 Å². The van der Waals surface area contributed by atoms with E-state index in [2.05, 4.69) is 21.2 Å². The Morgan fingerprint density at radius 2 is 2.00 bits per heavy atom. The maximum absolute atomic E-state index is 11.0. The highest BCUT2D eigenvalue weighted by Gasteiger charge is 2.25. The van der Waals surface area contributed by atoms with Crippen LogP contribution in [0.2, 0.25) is 0 Å². The van der Waals surface area contributed by atoms with Gasteiger partial charge in [-0.3, -0.25) is 14.9 Å². The van der Waals surface area contributed by atoms with Crippen LogP contribution in [0.3, 0.4) is 0 Å². The number of amides is 1. The Kier molecular flexibility index (Phi) is 4.02. The van der Waals surface area contributed by atoms with Crippen molar-refractivity contribution in [1.82, 2.24) is 0 Å². The van der Waals surface area contributed by atoms with Crippen molar-refractivity contribution in [1.29, 1.82) is 0 Å². The Balaban J connectivity index is 3.68. The van der Waals surface area contributed by atoms with Crippen molar-refractivity contribution >= 4 is 39.2 Å². The summed E-state index contributed by atoms with van der Waals surface area (Å²) in [5.41, 5.74) is -1.07. The van der Waals surface area contributed by atoms with Crippen molar-refractivity contribution < 1.29 is 19.6 Å². The number of carbonyl (C=O) groups is 2. The molecular weight excluding hydrogens is 308 g/mol. The zero-order valence-corrected chi connectivity index (χ0v) is 11.0. The zero-order valence-electron chi connectivity index (χ0n) is 9.44. The molecule has 1 amide bonds. The van der Waals surface area contributed by atoms with Crippen LogP contribution in [0.1, 0.15) is 22.8 Å². The minimum atomic E-state index is -1.69. The number of carboxylic acid groups (broad SMARTS) is 1. The molecule has 0 heterocycles. The first-order chi connectivity index (χ1) is 8.25. The largest absolute Gasteiger partial charge is 0.545 e. The van der Waals surface area contributed by atoms with Crippen LogP contribution in [0, 0.1) is 17.0 Å². The molecule has 18 heavy (non-hydrogen) atoms. The fourth-order valence-electron chi connectivity index (χ4n) is 1.41. The first-order valence-corrected chi connectivity index (χ1v) is 5.51. The van der Waals surface area contributed by atoms with Crippen molar-refractivity contribution in [2.45, 2.75) is 13.8 Å². The predicted molar refractivity (Wildman–Crippen MR) is 64.2 cm³/mol. The molecule has 0 spiro atoms. The molecule has 0 radical (unpaired) electrons. The second-order valence-electron chi connectivity index (χ2n) is 3.48. The van der Waals surface area contributed by atoms with Crippen LogP contribution in [0.5, 0.6) is 0 Å². The fourth-order valence-corrected chi connectivity index (χ4v) is 1.84. The highest BCUT2D eigenvalue weighted by Crippen LogP contribution is 2.36. The van der Waals surface area contributed by atoms with Crippen molar-refractivity contribution in [2.75, 3.05) is 5.32 Å². The van der Waals surface area contributed by atoms with Crippen LogP contribution in [-0.2, 0) is 4.79 Å². The monoisotopic (exact) mass is 315 g/mol. The number of rotatable bonds is 3. The van der Waals surface area contributed by atoms with Gasteiger partial charge in [0.2, 0.25) is 5.91 Å². The summed E-state index contributed by atoms with van der Waals surface area (Å²) in [6.45, 7) is 2.68. The summed E-state index contributed by atoms with van der Waals surface area (Å²) < 4.78 is 0.330. The molecule has 0 aliphatic carbocycles. The molecule has 1 N–H and O–H groups in total. The summed E-state index contributed by atoms with van der Waals surface area (Å²) in [6.07, 6.45) is 0. The van der Waals surface area contributed by atoms with Gasteiger partial charge in [-0.2, -0.15) is 0 Å². The van der Waals surface area contributed by atoms with Crippen molar-refractivity contribution in [3.05, 3.63) is 31.8 Å². The third-order valence-corrected chi connectivity index (χ3v) is 3.02. The van der Waals surface area contributed by atoms with E-state index >= 15 is 0 Å². The van der Waals surface area contributed by atoms with Crippen molar-refractivity contribution in [2.24, 2.45) is 0 Å². The molecule has 0 saturated heterocycles. The maximum Gasteiger partial charge on any atom is 0.302 e. The van der Waals surface area contributed by atoms with Crippen LogP contribution in [0.4, 0.5) is 11.4 Å². The number of carbonyl (C=O) groups excluding carboxylic acids is 2. The fraction of sp³-hybridized carbons (Fsp3) is 0.200. The molecule has 0 fully saturated rings. The highest BCUT2D eigenvalue weighted by atomic mass is 79.9. The summed E-state index contributed by atoms with van der Waals surface area (Å²) in [5.74, 6) is -2.22. The van der Waals surface area contributed by atoms with Crippen LogP contribution < -0.4 is 10.4 Å². The van der Waals surface area contributed by atoms with E-state index in [4.69, 9.17) is 0 Å². The summed E-state index contributed by atoms with van der Waals surface area (Å²) in [4.78, 5) is 32.0. The molecule has 1 rings (SSSR count). The van der Waals surface area contributed by atoms with Gasteiger partial charge in [-0.25, -0.2) is 0 Å². The third-order valence-electron chi connectivity index (χ3n) is 2.20. The number of aromatic carboxylic acids is 1. The molecule has 0 aliphatic rings. The van der Waals surface area contributed by atoms with Crippen molar-refractivity contribution in [3.8, 4) is 0 Å². The summed E-state index contributed by atoms with van der Waals surface area (Å²) in [7, 11) is 0. The summed E-state index contributed by atoms with van der Waals surface area (Å²) in [6, 6.07) is 1.08. The molecule has 7 nitrogen and oxygen atoms in total. The van der Waals surface area contributed by atoms with Gasteiger partial charge in [0.15, 0.2) is 0 Å². The number of nitro groups is 1. The van der Waals surface area contributed by atoms with Crippen molar-refractivity contribution in [3.63, 3.8) is 0 Å². The Labute approximate surface area is 110 Å². The van der Waals surface area contributed by atoms with E-state index in [0.717, 1.165) is 6.07 Å². The maximum atomic E-state index is 11.0. The van der Waals surface area contributed by atoms with Gasteiger partial charge < -0.3 is 15.2 Å². The lowest BCUT2D eigenvalue weighted by atomic mass is 10.1. The molecule has 96 valence electrons. The predicted octanol–water partition coefficient (Wildman–Crippen LogP) is 0.988. The Bertz CT molecular complexity index is 556. The summed E-state index contributed by atoms with van der Waals surface area (Å²) >= 11 is 3.07. The zero-order chi connectivity index (χ0) is 14.0. The molecule has 0 aliphatic heterocycles. The number of nitrogens with zero attached hydrogens (tertiary/aromatic N) is 1. The number of nitrogens with one attached hydrogen (secondary N) is 1. The smallest absolute Gasteiger partial charge is 0.302 e. The van der Waals surface area contributed by atoms with Crippen LogP contribution >= 0.6 is 15.9 Å². The topological polar surface area (TPSA) is 112 Å². The number of halogens is 1. The molecule has 0 saturated carbocycles. The standard InChI is InChI=1S/C10H9BrN2O5/c1-4-7(11)3-6(10(15)16)9(13(17)18)8(4)12-5(2)14/h3H,1-2H3,(H,12,14)(H,15,16)/p-1. The van der Waals surface area contributed by atoms with Gasteiger partial charge >= 0.3 is 5.69 Å². The number of benzene rings is 1. The molecular formula is C10H8BrN2O5-. The molecule has 0 unspecified atom stereocenters. The average Bonchev–Trinajstić information content (AvgIpc) is 2.22. The minimum absolute atomic E-state index is 0.152. The third kappa shape index (κ3) is 2.65. The van der Waals surface area contributed by atoms with E-state index in [9.17, 15) is 24.8 Å². The lowest BCUT2D eigenvalue weighted by Crippen LogP contribution is -2.24. The lowest BCUT2D eigenvalue weighted by Gasteiger charge is -2.13. The Hall–Kier alpha value is -1.96. The highest BCUT2D eigenvalue weighted by molar-refractivity contribution is 9.10.